The van der Waals surface area contributed by atoms with Gasteiger partial charge in [0.1, 0.15) is 11.6 Å². The van der Waals surface area contributed by atoms with Crippen LogP contribution in [0.2, 0.25) is 0 Å². The number of rotatable bonds is 5. The number of benzene rings is 1. The minimum absolute atomic E-state index is 0.128. The number of hydrogen-bond donors (Lipinski definition) is 1. The quantitative estimate of drug-likeness (QED) is 0.897. The van der Waals surface area contributed by atoms with Crippen molar-refractivity contribution >= 4 is 5.91 Å². The van der Waals surface area contributed by atoms with Crippen molar-refractivity contribution in [3.63, 3.8) is 0 Å². The molecule has 4 rings (SSSR count). The molecule has 1 aliphatic heterocycles. The molecule has 2 aliphatic rings. The first-order chi connectivity index (χ1) is 12.6. The van der Waals surface area contributed by atoms with Crippen LogP contribution < -0.4 is 5.32 Å². The molecule has 0 atom stereocenters. The second-order valence-corrected chi connectivity index (χ2v) is 7.58. The van der Waals surface area contributed by atoms with Gasteiger partial charge in [0.15, 0.2) is 0 Å². The smallest absolute Gasteiger partial charge is 0.253 e. The lowest BCUT2D eigenvalue weighted by Crippen LogP contribution is -2.45. The summed E-state index contributed by atoms with van der Waals surface area (Å²) in [7, 11) is 0. The van der Waals surface area contributed by atoms with Crippen LogP contribution in [-0.2, 0) is 0 Å². The highest BCUT2D eigenvalue weighted by Gasteiger charge is 2.26. The van der Waals surface area contributed by atoms with E-state index in [0.29, 0.717) is 6.04 Å². The molecule has 1 amide bonds. The molecule has 2 fully saturated rings. The van der Waals surface area contributed by atoms with Gasteiger partial charge in [0, 0.05) is 24.7 Å². The molecule has 2 heterocycles. The summed E-state index contributed by atoms with van der Waals surface area (Å²) in [6, 6.07) is 8.24. The Morgan fingerprint density at radius 3 is 2.38 bits per heavy atom. The van der Waals surface area contributed by atoms with Gasteiger partial charge in [0.05, 0.1) is 5.69 Å². The van der Waals surface area contributed by atoms with Crippen LogP contribution in [0.25, 0.3) is 5.69 Å². The maximum Gasteiger partial charge on any atom is 0.253 e. The highest BCUT2D eigenvalue weighted by molar-refractivity contribution is 5.94. The monoisotopic (exact) mass is 353 g/mol. The van der Waals surface area contributed by atoms with Crippen molar-refractivity contribution in [2.24, 2.45) is 5.92 Å². The summed E-state index contributed by atoms with van der Waals surface area (Å²) in [5, 5.41) is 8.05. The standard InChI is InChI=1S/C20H27N5O/c1-14-22-15(2)25(23-14)19-7-5-17(6-8-19)20(26)24-11-9-18(10-12-24)21-13-16-3-4-16/h5-8,16,18,21H,3-4,9-13H2,1-2H3. The number of hydrogen-bond acceptors (Lipinski definition) is 4. The van der Waals surface area contributed by atoms with E-state index < -0.39 is 0 Å². The molecule has 0 unspecified atom stereocenters. The molecule has 0 bridgehead atoms. The number of likely N-dealkylation sites (tertiary alicyclic amines) is 1. The van der Waals surface area contributed by atoms with E-state index in [2.05, 4.69) is 15.4 Å². The maximum atomic E-state index is 12.8. The van der Waals surface area contributed by atoms with Crippen LogP contribution in [0.4, 0.5) is 0 Å². The molecule has 1 aliphatic carbocycles. The lowest BCUT2D eigenvalue weighted by atomic mass is 10.0. The van der Waals surface area contributed by atoms with Gasteiger partial charge in [-0.2, -0.15) is 5.10 Å². The zero-order valence-corrected chi connectivity index (χ0v) is 15.6. The minimum Gasteiger partial charge on any atom is -0.339 e. The Morgan fingerprint density at radius 2 is 1.81 bits per heavy atom. The number of carbonyl (C=O) groups is 1. The van der Waals surface area contributed by atoms with Crippen LogP contribution in [0.5, 0.6) is 0 Å². The summed E-state index contributed by atoms with van der Waals surface area (Å²) in [5.74, 6) is 2.64. The van der Waals surface area contributed by atoms with Crippen LogP contribution in [-0.4, -0.2) is 51.2 Å². The summed E-state index contributed by atoms with van der Waals surface area (Å²) in [5.41, 5.74) is 1.68. The summed E-state index contributed by atoms with van der Waals surface area (Å²) in [6.07, 6.45) is 4.87. The molecule has 1 aromatic carbocycles. The Balaban J connectivity index is 1.35. The van der Waals surface area contributed by atoms with Crippen molar-refractivity contribution in [2.75, 3.05) is 19.6 Å². The number of nitrogens with zero attached hydrogens (tertiary/aromatic N) is 4. The van der Waals surface area contributed by atoms with E-state index in [0.717, 1.165) is 61.3 Å². The Morgan fingerprint density at radius 1 is 1.12 bits per heavy atom. The molecule has 1 N–H and O–H groups in total. The first kappa shape index (κ1) is 17.2. The highest BCUT2D eigenvalue weighted by Crippen LogP contribution is 2.28. The average Bonchev–Trinajstić information content (AvgIpc) is 3.43. The average molecular weight is 353 g/mol. The van der Waals surface area contributed by atoms with Crippen LogP contribution in [0.3, 0.4) is 0 Å². The van der Waals surface area contributed by atoms with Gasteiger partial charge in [0.25, 0.3) is 5.91 Å². The predicted molar refractivity (Wildman–Crippen MR) is 100 cm³/mol. The van der Waals surface area contributed by atoms with Gasteiger partial charge in [-0.05, 0) is 76.3 Å². The van der Waals surface area contributed by atoms with E-state index in [-0.39, 0.29) is 5.91 Å². The fourth-order valence-electron chi connectivity index (χ4n) is 3.64. The largest absolute Gasteiger partial charge is 0.339 e. The third-order valence-corrected chi connectivity index (χ3v) is 5.41. The van der Waals surface area contributed by atoms with Gasteiger partial charge in [-0.1, -0.05) is 0 Å². The number of nitrogens with one attached hydrogen (secondary N) is 1. The van der Waals surface area contributed by atoms with Crippen molar-refractivity contribution in [3.8, 4) is 5.69 Å². The fourth-order valence-corrected chi connectivity index (χ4v) is 3.64. The molecule has 26 heavy (non-hydrogen) atoms. The minimum atomic E-state index is 0.128. The lowest BCUT2D eigenvalue weighted by Gasteiger charge is -2.32. The van der Waals surface area contributed by atoms with E-state index in [9.17, 15) is 4.79 Å². The molecular formula is C20H27N5O. The van der Waals surface area contributed by atoms with Crippen molar-refractivity contribution in [1.29, 1.82) is 0 Å². The SMILES string of the molecule is Cc1nc(C)n(-c2ccc(C(=O)N3CCC(NCC4CC4)CC3)cc2)n1. The second kappa shape index (κ2) is 7.19. The van der Waals surface area contributed by atoms with Crippen molar-refractivity contribution in [3.05, 3.63) is 41.5 Å². The maximum absolute atomic E-state index is 12.8. The Bertz CT molecular complexity index is 770. The Labute approximate surface area is 154 Å². The summed E-state index contributed by atoms with van der Waals surface area (Å²) in [6.45, 7) is 6.64. The zero-order valence-electron chi connectivity index (χ0n) is 15.6. The van der Waals surface area contributed by atoms with Crippen LogP contribution in [0, 0.1) is 19.8 Å². The molecule has 0 radical (unpaired) electrons. The van der Waals surface area contributed by atoms with Crippen LogP contribution >= 0.6 is 0 Å². The number of amides is 1. The third kappa shape index (κ3) is 3.80. The van der Waals surface area contributed by atoms with E-state index in [4.69, 9.17) is 0 Å². The number of piperidine rings is 1. The first-order valence-electron chi connectivity index (χ1n) is 9.63. The third-order valence-electron chi connectivity index (χ3n) is 5.41. The summed E-state index contributed by atoms with van der Waals surface area (Å²) >= 11 is 0. The molecule has 1 saturated carbocycles. The molecular weight excluding hydrogens is 326 g/mol. The highest BCUT2D eigenvalue weighted by atomic mass is 16.2. The molecule has 6 heteroatoms. The number of aryl methyl sites for hydroxylation is 2. The van der Waals surface area contributed by atoms with Crippen molar-refractivity contribution < 1.29 is 4.79 Å². The Hall–Kier alpha value is -2.21. The molecule has 1 saturated heterocycles. The molecule has 138 valence electrons. The fraction of sp³-hybridized carbons (Fsp3) is 0.550. The van der Waals surface area contributed by atoms with Crippen molar-refractivity contribution in [1.82, 2.24) is 25.0 Å². The van der Waals surface area contributed by atoms with Gasteiger partial charge in [-0.3, -0.25) is 4.79 Å². The second-order valence-electron chi connectivity index (χ2n) is 7.58. The van der Waals surface area contributed by atoms with E-state index in [1.807, 2.05) is 43.0 Å². The zero-order chi connectivity index (χ0) is 18.1. The molecule has 1 aromatic heterocycles. The van der Waals surface area contributed by atoms with Gasteiger partial charge >= 0.3 is 0 Å². The van der Waals surface area contributed by atoms with E-state index in [1.165, 1.54) is 12.8 Å². The van der Waals surface area contributed by atoms with Gasteiger partial charge in [0.2, 0.25) is 0 Å². The summed E-state index contributed by atoms with van der Waals surface area (Å²) < 4.78 is 1.81. The number of aromatic nitrogens is 3. The van der Waals surface area contributed by atoms with E-state index >= 15 is 0 Å². The van der Waals surface area contributed by atoms with Crippen LogP contribution in [0.15, 0.2) is 24.3 Å². The number of carbonyl (C=O) groups excluding carboxylic acids is 1. The van der Waals surface area contributed by atoms with E-state index in [1.54, 1.807) is 4.68 Å². The predicted octanol–water partition coefficient (Wildman–Crippen LogP) is 2.49. The lowest BCUT2D eigenvalue weighted by molar-refractivity contribution is 0.0705. The Kier molecular flexibility index (Phi) is 4.76. The van der Waals surface area contributed by atoms with Crippen molar-refractivity contribution in [2.45, 2.75) is 45.6 Å². The molecule has 6 nitrogen and oxygen atoms in total. The first-order valence-corrected chi connectivity index (χ1v) is 9.63. The van der Waals surface area contributed by atoms with Gasteiger partial charge in [-0.25, -0.2) is 9.67 Å². The molecule has 0 spiro atoms. The van der Waals surface area contributed by atoms with Gasteiger partial charge < -0.3 is 10.2 Å². The normalized spacial score (nSPS) is 18.3. The van der Waals surface area contributed by atoms with Crippen LogP contribution in [0.1, 0.15) is 47.7 Å². The topological polar surface area (TPSA) is 63.1 Å². The summed E-state index contributed by atoms with van der Waals surface area (Å²) in [4.78, 5) is 19.1. The van der Waals surface area contributed by atoms with Gasteiger partial charge in [-0.15, -0.1) is 0 Å². The molecule has 2 aromatic rings.